The molecule has 0 amide bonds. The van der Waals surface area contributed by atoms with E-state index in [9.17, 15) is 16.8 Å². The fraction of sp³-hybridized carbons (Fsp3) is 0.294. The van der Waals surface area contributed by atoms with Crippen LogP contribution in [0.15, 0.2) is 64.4 Å². The summed E-state index contributed by atoms with van der Waals surface area (Å²) in [7, 11) is -7.51. The molecule has 140 valence electrons. The van der Waals surface area contributed by atoms with Gasteiger partial charge in [-0.15, -0.1) is 0 Å². The van der Waals surface area contributed by atoms with Crippen LogP contribution in [0.1, 0.15) is 6.92 Å². The van der Waals surface area contributed by atoms with E-state index in [4.69, 9.17) is 4.74 Å². The molecule has 1 saturated heterocycles. The molecule has 1 unspecified atom stereocenters. The summed E-state index contributed by atoms with van der Waals surface area (Å²) in [6.07, 6.45) is -0.182. The van der Waals surface area contributed by atoms with Gasteiger partial charge in [0.15, 0.2) is 0 Å². The highest BCUT2D eigenvalue weighted by atomic mass is 32.2. The van der Waals surface area contributed by atoms with Crippen molar-refractivity contribution in [2.24, 2.45) is 0 Å². The van der Waals surface area contributed by atoms with Crippen LogP contribution in [-0.2, 0) is 24.8 Å². The van der Waals surface area contributed by atoms with Crippen molar-refractivity contribution >= 4 is 25.7 Å². The molecule has 0 radical (unpaired) electrons. The highest BCUT2D eigenvalue weighted by Crippen LogP contribution is 2.23. The number of sulfonamides is 2. The molecule has 0 saturated carbocycles. The Morgan fingerprint density at radius 3 is 2.38 bits per heavy atom. The summed E-state index contributed by atoms with van der Waals surface area (Å²) in [4.78, 5) is 0.148. The Morgan fingerprint density at radius 2 is 1.69 bits per heavy atom. The molecule has 1 aliphatic heterocycles. The number of benzene rings is 2. The lowest BCUT2D eigenvalue weighted by atomic mass is 10.3. The van der Waals surface area contributed by atoms with Crippen molar-refractivity contribution in [2.75, 3.05) is 24.4 Å². The number of anilines is 1. The van der Waals surface area contributed by atoms with E-state index in [1.165, 1.54) is 40.7 Å². The van der Waals surface area contributed by atoms with Crippen molar-refractivity contribution in [1.82, 2.24) is 4.31 Å². The largest absolute Gasteiger partial charge is 0.376 e. The Hall–Kier alpha value is -1.94. The summed E-state index contributed by atoms with van der Waals surface area (Å²) in [5.41, 5.74) is 0.191. The van der Waals surface area contributed by atoms with E-state index in [1.54, 1.807) is 18.2 Å². The van der Waals surface area contributed by atoms with E-state index in [2.05, 4.69) is 4.72 Å². The SMILES string of the molecule is CC1CN(S(=O)(=O)c2cccc(NS(=O)(=O)c3ccccc3)c2)CCO1. The number of nitrogens with zero attached hydrogens (tertiary/aromatic N) is 1. The molecule has 0 spiro atoms. The second kappa shape index (κ2) is 7.36. The first-order valence-electron chi connectivity index (χ1n) is 8.09. The van der Waals surface area contributed by atoms with Crippen molar-refractivity contribution < 1.29 is 21.6 Å². The van der Waals surface area contributed by atoms with Gasteiger partial charge in [-0.25, -0.2) is 16.8 Å². The first kappa shape index (κ1) is 18.8. The summed E-state index contributed by atoms with van der Waals surface area (Å²) in [5, 5.41) is 0. The van der Waals surface area contributed by atoms with E-state index >= 15 is 0 Å². The van der Waals surface area contributed by atoms with Gasteiger partial charge in [0.25, 0.3) is 10.0 Å². The van der Waals surface area contributed by atoms with Gasteiger partial charge in [0.05, 0.1) is 28.2 Å². The summed E-state index contributed by atoms with van der Waals surface area (Å²) in [5.74, 6) is 0. The monoisotopic (exact) mass is 396 g/mol. The first-order valence-corrected chi connectivity index (χ1v) is 11.0. The maximum Gasteiger partial charge on any atom is 0.261 e. The van der Waals surface area contributed by atoms with Crippen LogP contribution >= 0.6 is 0 Å². The lowest BCUT2D eigenvalue weighted by Crippen LogP contribution is -2.44. The van der Waals surface area contributed by atoms with Crippen LogP contribution in [0.25, 0.3) is 0 Å². The van der Waals surface area contributed by atoms with Gasteiger partial charge in [0.1, 0.15) is 0 Å². The Kier molecular flexibility index (Phi) is 5.33. The Labute approximate surface area is 153 Å². The van der Waals surface area contributed by atoms with Gasteiger partial charge in [-0.2, -0.15) is 4.31 Å². The molecular formula is C17H20N2O5S2. The van der Waals surface area contributed by atoms with E-state index in [0.29, 0.717) is 6.61 Å². The van der Waals surface area contributed by atoms with Crippen molar-refractivity contribution in [1.29, 1.82) is 0 Å². The molecule has 0 aliphatic carbocycles. The van der Waals surface area contributed by atoms with Crippen LogP contribution < -0.4 is 4.72 Å². The first-order chi connectivity index (χ1) is 12.3. The molecule has 1 heterocycles. The fourth-order valence-corrected chi connectivity index (χ4v) is 5.30. The van der Waals surface area contributed by atoms with Crippen LogP contribution in [0, 0.1) is 0 Å². The minimum Gasteiger partial charge on any atom is -0.376 e. The molecule has 1 aliphatic rings. The summed E-state index contributed by atoms with van der Waals surface area (Å²) < 4.78 is 59.6. The van der Waals surface area contributed by atoms with Gasteiger partial charge in [-0.1, -0.05) is 24.3 Å². The van der Waals surface area contributed by atoms with Crippen molar-refractivity contribution in [3.8, 4) is 0 Å². The van der Waals surface area contributed by atoms with E-state index in [1.807, 2.05) is 6.92 Å². The average molecular weight is 396 g/mol. The lowest BCUT2D eigenvalue weighted by Gasteiger charge is -2.30. The number of hydrogen-bond acceptors (Lipinski definition) is 5. The fourth-order valence-electron chi connectivity index (χ4n) is 2.69. The zero-order valence-electron chi connectivity index (χ0n) is 14.2. The summed E-state index contributed by atoms with van der Waals surface area (Å²) in [6.45, 7) is 2.68. The average Bonchev–Trinajstić information content (AvgIpc) is 2.62. The Bertz CT molecular complexity index is 975. The molecule has 9 heteroatoms. The third-order valence-electron chi connectivity index (χ3n) is 3.98. The minimum atomic E-state index is -3.79. The number of nitrogens with one attached hydrogen (secondary N) is 1. The van der Waals surface area contributed by atoms with Gasteiger partial charge >= 0.3 is 0 Å². The van der Waals surface area contributed by atoms with Gasteiger partial charge in [-0.05, 0) is 37.3 Å². The molecule has 1 fully saturated rings. The smallest absolute Gasteiger partial charge is 0.261 e. The van der Waals surface area contributed by atoms with Crippen LogP contribution in [0.3, 0.4) is 0 Å². The molecular weight excluding hydrogens is 376 g/mol. The summed E-state index contributed by atoms with van der Waals surface area (Å²) in [6, 6.07) is 13.7. The second-order valence-electron chi connectivity index (χ2n) is 5.99. The van der Waals surface area contributed by atoms with Gasteiger partial charge in [-0.3, -0.25) is 4.72 Å². The van der Waals surface area contributed by atoms with E-state index < -0.39 is 20.0 Å². The maximum atomic E-state index is 12.8. The highest BCUT2D eigenvalue weighted by molar-refractivity contribution is 7.92. The van der Waals surface area contributed by atoms with Crippen molar-refractivity contribution in [3.05, 3.63) is 54.6 Å². The Morgan fingerprint density at radius 1 is 1.00 bits per heavy atom. The molecule has 7 nitrogen and oxygen atoms in total. The number of ether oxygens (including phenoxy) is 1. The van der Waals surface area contributed by atoms with Crippen LogP contribution in [0.4, 0.5) is 5.69 Å². The predicted octanol–water partition coefficient (Wildman–Crippen LogP) is 1.90. The zero-order valence-corrected chi connectivity index (χ0v) is 15.8. The highest BCUT2D eigenvalue weighted by Gasteiger charge is 2.29. The van der Waals surface area contributed by atoms with Crippen LogP contribution in [0.5, 0.6) is 0 Å². The van der Waals surface area contributed by atoms with Crippen molar-refractivity contribution in [3.63, 3.8) is 0 Å². The number of morpholine rings is 1. The maximum absolute atomic E-state index is 12.8. The Balaban J connectivity index is 1.87. The normalized spacial score (nSPS) is 19.2. The molecule has 26 heavy (non-hydrogen) atoms. The molecule has 3 rings (SSSR count). The lowest BCUT2D eigenvalue weighted by molar-refractivity contribution is 0.0102. The molecule has 1 atom stereocenters. The van der Waals surface area contributed by atoms with E-state index in [0.717, 1.165) is 0 Å². The third-order valence-corrected chi connectivity index (χ3v) is 7.24. The number of rotatable bonds is 5. The molecule has 1 N–H and O–H groups in total. The minimum absolute atomic E-state index is 0.0415. The molecule has 0 bridgehead atoms. The molecule has 0 aromatic heterocycles. The van der Waals surface area contributed by atoms with Crippen molar-refractivity contribution in [2.45, 2.75) is 22.8 Å². The van der Waals surface area contributed by atoms with Crippen LogP contribution in [-0.4, -0.2) is 46.9 Å². The van der Waals surface area contributed by atoms with Gasteiger partial charge in [0.2, 0.25) is 10.0 Å². The second-order valence-corrected chi connectivity index (χ2v) is 9.61. The van der Waals surface area contributed by atoms with Gasteiger partial charge < -0.3 is 4.74 Å². The topological polar surface area (TPSA) is 92.8 Å². The van der Waals surface area contributed by atoms with Crippen LogP contribution in [0.2, 0.25) is 0 Å². The molecule has 2 aromatic carbocycles. The predicted molar refractivity (Wildman–Crippen MR) is 97.9 cm³/mol. The third kappa shape index (κ3) is 4.07. The standard InChI is InChI=1S/C17H20N2O5S2/c1-14-13-19(10-11-24-14)26(22,23)17-9-5-6-15(12-17)18-25(20,21)16-7-3-2-4-8-16/h2-9,12,14,18H,10-11,13H2,1H3. The van der Waals surface area contributed by atoms with Gasteiger partial charge in [0, 0.05) is 13.1 Å². The van der Waals surface area contributed by atoms with E-state index in [-0.39, 0.29) is 34.7 Å². The summed E-state index contributed by atoms with van der Waals surface area (Å²) >= 11 is 0. The quantitative estimate of drug-likeness (QED) is 0.833. The number of hydrogen-bond donors (Lipinski definition) is 1. The molecule has 2 aromatic rings. The zero-order chi connectivity index (χ0) is 18.8.